The first-order valence-electron chi connectivity index (χ1n) is 12.3. The van der Waals surface area contributed by atoms with E-state index >= 15 is 0 Å². The molecule has 0 bridgehead atoms. The van der Waals surface area contributed by atoms with Crippen LogP contribution in [0.1, 0.15) is 55.8 Å². The molecule has 2 aliphatic heterocycles. The molecule has 1 amide bonds. The molecule has 35 heavy (non-hydrogen) atoms. The summed E-state index contributed by atoms with van der Waals surface area (Å²) >= 11 is 0. The molecule has 2 aromatic carbocycles. The molecule has 2 saturated heterocycles. The smallest absolute Gasteiger partial charge is 0.262 e. The van der Waals surface area contributed by atoms with Crippen molar-refractivity contribution in [2.75, 3.05) is 43.0 Å². The lowest BCUT2D eigenvalue weighted by atomic mass is 10.1. The van der Waals surface area contributed by atoms with Crippen molar-refractivity contribution in [2.45, 2.75) is 50.3 Å². The molecule has 2 heterocycles. The normalized spacial score (nSPS) is 17.1. The van der Waals surface area contributed by atoms with Crippen LogP contribution in [0.5, 0.6) is 5.75 Å². The number of nitrogens with zero attached hydrogens (tertiary/aromatic N) is 2. The fraction of sp³-hybridized carbons (Fsp3) is 0.462. The molecule has 0 atom stereocenters. The van der Waals surface area contributed by atoms with Crippen LogP contribution < -0.4 is 15.0 Å². The summed E-state index contributed by atoms with van der Waals surface area (Å²) in [6.07, 6.45) is 6.04. The maximum atomic E-state index is 13.2. The number of carbonyl (C=O) groups is 2. The van der Waals surface area contributed by atoms with Gasteiger partial charge in [-0.3, -0.25) is 9.59 Å². The van der Waals surface area contributed by atoms with E-state index in [0.717, 1.165) is 57.3 Å². The third-order valence-electron chi connectivity index (χ3n) is 6.52. The van der Waals surface area contributed by atoms with Crippen molar-refractivity contribution >= 4 is 33.1 Å². The van der Waals surface area contributed by atoms with Crippen molar-refractivity contribution in [2.24, 2.45) is 0 Å². The lowest BCUT2D eigenvalue weighted by Crippen LogP contribution is -2.36. The number of sulfonamides is 1. The van der Waals surface area contributed by atoms with E-state index in [1.165, 1.54) is 11.2 Å². The quantitative estimate of drug-likeness (QED) is 0.550. The Hall–Kier alpha value is -2.91. The van der Waals surface area contributed by atoms with E-state index in [1.54, 1.807) is 42.5 Å². The first-order valence-corrected chi connectivity index (χ1v) is 13.7. The fourth-order valence-electron chi connectivity index (χ4n) is 4.56. The molecule has 2 fully saturated rings. The molecule has 1 N–H and O–H groups in total. The predicted molar refractivity (Wildman–Crippen MR) is 136 cm³/mol. The first-order chi connectivity index (χ1) is 16.8. The highest BCUT2D eigenvalue weighted by Crippen LogP contribution is 2.32. The van der Waals surface area contributed by atoms with Gasteiger partial charge in [0, 0.05) is 31.7 Å². The minimum atomic E-state index is -3.63. The highest BCUT2D eigenvalue weighted by molar-refractivity contribution is 7.89. The second-order valence-electron chi connectivity index (χ2n) is 9.11. The van der Waals surface area contributed by atoms with Crippen LogP contribution in [0.3, 0.4) is 0 Å². The molecule has 0 spiro atoms. The Balaban J connectivity index is 1.52. The summed E-state index contributed by atoms with van der Waals surface area (Å²) in [5.74, 6) is 0.0492. The first kappa shape index (κ1) is 25.2. The van der Waals surface area contributed by atoms with Gasteiger partial charge < -0.3 is 15.0 Å². The van der Waals surface area contributed by atoms with Gasteiger partial charge >= 0.3 is 0 Å². The van der Waals surface area contributed by atoms with Gasteiger partial charge in [-0.2, -0.15) is 4.31 Å². The maximum Gasteiger partial charge on any atom is 0.262 e. The Morgan fingerprint density at radius 2 is 1.51 bits per heavy atom. The van der Waals surface area contributed by atoms with E-state index in [1.807, 2.05) is 0 Å². The van der Waals surface area contributed by atoms with E-state index in [0.29, 0.717) is 30.1 Å². The molecule has 0 saturated carbocycles. The number of hydrogen-bond donors (Lipinski definition) is 1. The molecule has 9 heteroatoms. The van der Waals surface area contributed by atoms with Crippen LogP contribution in [0.25, 0.3) is 0 Å². The van der Waals surface area contributed by atoms with Crippen molar-refractivity contribution in [3.8, 4) is 5.75 Å². The zero-order valence-corrected chi connectivity index (χ0v) is 21.0. The Morgan fingerprint density at radius 3 is 2.14 bits per heavy atom. The number of hydrogen-bond acceptors (Lipinski definition) is 6. The molecule has 0 aliphatic carbocycles. The third kappa shape index (κ3) is 6.21. The number of benzene rings is 2. The minimum Gasteiger partial charge on any atom is -0.484 e. The average Bonchev–Trinajstić information content (AvgIpc) is 2.88. The second-order valence-corrected chi connectivity index (χ2v) is 11.0. The van der Waals surface area contributed by atoms with Gasteiger partial charge in [0.25, 0.3) is 5.91 Å². The summed E-state index contributed by atoms with van der Waals surface area (Å²) in [7, 11) is -3.63. The largest absolute Gasteiger partial charge is 0.484 e. The maximum absolute atomic E-state index is 13.2. The third-order valence-corrected chi connectivity index (χ3v) is 8.42. The highest BCUT2D eigenvalue weighted by Gasteiger charge is 2.27. The molecule has 0 aromatic heterocycles. The van der Waals surface area contributed by atoms with Crippen LogP contribution in [-0.4, -0.2) is 57.2 Å². The lowest BCUT2D eigenvalue weighted by molar-refractivity contribution is -0.118. The number of ketones is 1. The minimum absolute atomic E-state index is 0.0427. The van der Waals surface area contributed by atoms with Crippen molar-refractivity contribution in [1.82, 2.24) is 4.31 Å². The van der Waals surface area contributed by atoms with Crippen molar-refractivity contribution in [3.05, 3.63) is 48.0 Å². The summed E-state index contributed by atoms with van der Waals surface area (Å²) in [6.45, 7) is 4.02. The standard InChI is InChI=1S/C26H33N3O5S/c1-20(30)21-8-10-22(11-9-21)34-19-26(31)27-24-18-23(35(32,33)29-16-6-3-7-17-29)12-13-25(24)28-14-4-2-5-15-28/h8-13,18H,2-7,14-17,19H2,1H3,(H,27,31). The number of rotatable bonds is 8. The summed E-state index contributed by atoms with van der Waals surface area (Å²) in [4.78, 5) is 26.6. The molecule has 2 aliphatic rings. The molecule has 8 nitrogen and oxygen atoms in total. The van der Waals surface area contributed by atoms with Crippen molar-refractivity contribution in [1.29, 1.82) is 0 Å². The Kier molecular flexibility index (Phi) is 8.07. The Labute approximate surface area is 207 Å². The molecular weight excluding hydrogens is 466 g/mol. The average molecular weight is 500 g/mol. The van der Waals surface area contributed by atoms with Gasteiger partial charge in [-0.05, 0) is 81.5 Å². The van der Waals surface area contributed by atoms with Gasteiger partial charge in [0.05, 0.1) is 16.3 Å². The van der Waals surface area contributed by atoms with Crippen molar-refractivity contribution < 1.29 is 22.7 Å². The molecular formula is C26H33N3O5S. The number of Topliss-reactive ketones (excluding diaryl/α,β-unsaturated/α-hetero) is 1. The Morgan fingerprint density at radius 1 is 0.886 bits per heavy atom. The van der Waals surface area contributed by atoms with Crippen LogP contribution in [-0.2, 0) is 14.8 Å². The second kappa shape index (κ2) is 11.2. The van der Waals surface area contributed by atoms with Gasteiger partial charge in [-0.1, -0.05) is 6.42 Å². The van der Waals surface area contributed by atoms with Gasteiger partial charge in [0.2, 0.25) is 10.0 Å². The molecule has 0 radical (unpaired) electrons. The SMILES string of the molecule is CC(=O)c1ccc(OCC(=O)Nc2cc(S(=O)(=O)N3CCCCC3)ccc2N2CCCCC2)cc1. The summed E-state index contributed by atoms with van der Waals surface area (Å²) in [5.41, 5.74) is 1.87. The zero-order valence-electron chi connectivity index (χ0n) is 20.2. The summed E-state index contributed by atoms with van der Waals surface area (Å²) in [5, 5.41) is 2.88. The van der Waals surface area contributed by atoms with Crippen LogP contribution in [0.2, 0.25) is 0 Å². The van der Waals surface area contributed by atoms with Crippen LogP contribution >= 0.6 is 0 Å². The van der Waals surface area contributed by atoms with Gasteiger partial charge in [-0.15, -0.1) is 0 Å². The van der Waals surface area contributed by atoms with Crippen LogP contribution in [0.4, 0.5) is 11.4 Å². The summed E-state index contributed by atoms with van der Waals surface area (Å²) < 4.78 is 33.6. The summed E-state index contributed by atoms with van der Waals surface area (Å²) in [6, 6.07) is 11.6. The number of ether oxygens (including phenoxy) is 1. The number of anilines is 2. The topological polar surface area (TPSA) is 96.0 Å². The van der Waals surface area contributed by atoms with Gasteiger partial charge in [-0.25, -0.2) is 8.42 Å². The van der Waals surface area contributed by atoms with Gasteiger partial charge in [0.1, 0.15) is 5.75 Å². The predicted octanol–water partition coefficient (Wildman–Crippen LogP) is 4.07. The number of nitrogens with one attached hydrogen (secondary N) is 1. The highest BCUT2D eigenvalue weighted by atomic mass is 32.2. The van der Waals surface area contributed by atoms with E-state index in [2.05, 4.69) is 10.2 Å². The molecule has 0 unspecified atom stereocenters. The zero-order chi connectivity index (χ0) is 24.8. The van der Waals surface area contributed by atoms with Crippen LogP contribution in [0.15, 0.2) is 47.4 Å². The van der Waals surface area contributed by atoms with E-state index in [-0.39, 0.29) is 23.2 Å². The van der Waals surface area contributed by atoms with Crippen LogP contribution in [0, 0.1) is 0 Å². The lowest BCUT2D eigenvalue weighted by Gasteiger charge is -2.31. The Bertz CT molecular complexity index is 1150. The van der Waals surface area contributed by atoms with E-state index in [9.17, 15) is 18.0 Å². The molecule has 2 aromatic rings. The molecule has 188 valence electrons. The molecule has 4 rings (SSSR count). The fourth-order valence-corrected chi connectivity index (χ4v) is 6.11. The van der Waals surface area contributed by atoms with E-state index < -0.39 is 10.0 Å². The van der Waals surface area contributed by atoms with Crippen molar-refractivity contribution in [3.63, 3.8) is 0 Å². The van der Waals surface area contributed by atoms with Gasteiger partial charge in [0.15, 0.2) is 12.4 Å². The van der Waals surface area contributed by atoms with E-state index in [4.69, 9.17) is 4.74 Å². The number of piperidine rings is 2. The monoisotopic (exact) mass is 499 g/mol. The number of amides is 1. The number of carbonyl (C=O) groups excluding carboxylic acids is 2.